The summed E-state index contributed by atoms with van der Waals surface area (Å²) < 4.78 is 4.97. The first kappa shape index (κ1) is 13.4. The fraction of sp³-hybridized carbons (Fsp3) is 0.500. The van der Waals surface area contributed by atoms with Crippen LogP contribution in [0.5, 0.6) is 0 Å². The molecule has 0 radical (unpaired) electrons. The number of aromatic nitrogens is 1. The van der Waals surface area contributed by atoms with Crippen LogP contribution in [0.2, 0.25) is 0 Å². The van der Waals surface area contributed by atoms with Gasteiger partial charge < -0.3 is 15.2 Å². The minimum absolute atomic E-state index is 0.113. The molecular formula is C12H18N2O3. The number of pyridine rings is 1. The third kappa shape index (κ3) is 4.03. The van der Waals surface area contributed by atoms with Crippen molar-refractivity contribution < 1.29 is 14.6 Å². The van der Waals surface area contributed by atoms with Gasteiger partial charge in [-0.05, 0) is 32.4 Å². The zero-order valence-electron chi connectivity index (χ0n) is 10.4. The zero-order chi connectivity index (χ0) is 12.8. The van der Waals surface area contributed by atoms with Crippen molar-refractivity contribution >= 4 is 11.8 Å². The number of aromatic carboxylic acids is 1. The molecule has 17 heavy (non-hydrogen) atoms. The van der Waals surface area contributed by atoms with Crippen molar-refractivity contribution in [3.05, 3.63) is 23.4 Å². The fourth-order valence-corrected chi connectivity index (χ4v) is 1.44. The highest BCUT2D eigenvalue weighted by molar-refractivity contribution is 5.93. The lowest BCUT2D eigenvalue weighted by molar-refractivity contribution is 0.0697. The van der Waals surface area contributed by atoms with E-state index >= 15 is 0 Å². The van der Waals surface area contributed by atoms with E-state index in [9.17, 15) is 4.79 Å². The molecule has 0 saturated heterocycles. The van der Waals surface area contributed by atoms with Gasteiger partial charge in [-0.15, -0.1) is 0 Å². The maximum absolute atomic E-state index is 11.0. The van der Waals surface area contributed by atoms with E-state index < -0.39 is 5.97 Å². The number of ether oxygens (including phenoxy) is 1. The summed E-state index contributed by atoms with van der Waals surface area (Å²) in [5.41, 5.74) is 0.983. The second-order valence-corrected chi connectivity index (χ2v) is 3.98. The Morgan fingerprint density at radius 3 is 2.88 bits per heavy atom. The highest BCUT2D eigenvalue weighted by Crippen LogP contribution is 2.15. The van der Waals surface area contributed by atoms with Gasteiger partial charge in [-0.2, -0.15) is 0 Å². The normalized spacial score (nSPS) is 12.2. The van der Waals surface area contributed by atoms with Gasteiger partial charge in [0.15, 0.2) is 0 Å². The first-order valence-electron chi connectivity index (χ1n) is 5.51. The van der Waals surface area contributed by atoms with Gasteiger partial charge in [-0.3, -0.25) is 0 Å². The van der Waals surface area contributed by atoms with Crippen LogP contribution in [0.25, 0.3) is 0 Å². The number of hydrogen-bond donors (Lipinski definition) is 2. The molecule has 94 valence electrons. The van der Waals surface area contributed by atoms with Crippen LogP contribution in [0.3, 0.4) is 0 Å². The van der Waals surface area contributed by atoms with Crippen LogP contribution in [-0.4, -0.2) is 35.8 Å². The van der Waals surface area contributed by atoms with Gasteiger partial charge in [0.25, 0.3) is 0 Å². The summed E-state index contributed by atoms with van der Waals surface area (Å²) in [6.07, 6.45) is 0.797. The number of nitrogens with one attached hydrogen (secondary N) is 1. The number of methoxy groups -OCH3 is 1. The van der Waals surface area contributed by atoms with Gasteiger partial charge in [0.05, 0.1) is 0 Å². The van der Waals surface area contributed by atoms with Gasteiger partial charge >= 0.3 is 5.97 Å². The highest BCUT2D eigenvalue weighted by Gasteiger charge is 2.13. The summed E-state index contributed by atoms with van der Waals surface area (Å²) in [4.78, 5) is 15.2. The molecule has 1 heterocycles. The Labute approximate surface area is 101 Å². The third-order valence-corrected chi connectivity index (χ3v) is 2.40. The Morgan fingerprint density at radius 1 is 1.59 bits per heavy atom. The topological polar surface area (TPSA) is 71.5 Å². The minimum atomic E-state index is -0.973. The van der Waals surface area contributed by atoms with E-state index in [1.54, 1.807) is 19.2 Å². The average Bonchev–Trinajstić information content (AvgIpc) is 2.26. The van der Waals surface area contributed by atoms with Crippen LogP contribution in [0, 0.1) is 6.92 Å². The van der Waals surface area contributed by atoms with Crippen LogP contribution < -0.4 is 5.32 Å². The molecule has 0 aliphatic heterocycles. The molecule has 0 amide bonds. The monoisotopic (exact) mass is 238 g/mol. The zero-order valence-corrected chi connectivity index (χ0v) is 10.4. The Morgan fingerprint density at radius 2 is 2.29 bits per heavy atom. The van der Waals surface area contributed by atoms with Crippen molar-refractivity contribution in [1.29, 1.82) is 0 Å². The maximum atomic E-state index is 11.0. The van der Waals surface area contributed by atoms with E-state index in [2.05, 4.69) is 10.3 Å². The Hall–Kier alpha value is -1.62. The maximum Gasteiger partial charge on any atom is 0.339 e. The number of nitrogens with zero attached hydrogens (tertiary/aromatic N) is 1. The first-order chi connectivity index (χ1) is 8.04. The summed E-state index contributed by atoms with van der Waals surface area (Å²) in [7, 11) is 1.64. The molecule has 0 saturated carbocycles. The quantitative estimate of drug-likeness (QED) is 0.792. The molecule has 1 atom stereocenters. The van der Waals surface area contributed by atoms with Gasteiger partial charge in [-0.25, -0.2) is 9.78 Å². The summed E-state index contributed by atoms with van der Waals surface area (Å²) in [6, 6.07) is 3.37. The van der Waals surface area contributed by atoms with Crippen molar-refractivity contribution in [2.75, 3.05) is 19.0 Å². The minimum Gasteiger partial charge on any atom is -0.478 e. The molecule has 0 spiro atoms. The molecule has 0 aliphatic carbocycles. The Kier molecular flexibility index (Phi) is 4.90. The number of hydrogen-bond acceptors (Lipinski definition) is 4. The van der Waals surface area contributed by atoms with Crippen molar-refractivity contribution in [3.8, 4) is 0 Å². The molecule has 0 aliphatic rings. The molecule has 5 nitrogen and oxygen atoms in total. The third-order valence-electron chi connectivity index (χ3n) is 2.40. The molecule has 2 N–H and O–H groups in total. The van der Waals surface area contributed by atoms with Crippen molar-refractivity contribution in [1.82, 2.24) is 4.98 Å². The number of rotatable bonds is 6. The summed E-state index contributed by atoms with van der Waals surface area (Å²) in [5.74, 6) is -0.556. The number of anilines is 1. The van der Waals surface area contributed by atoms with E-state index in [0.717, 1.165) is 12.1 Å². The lowest BCUT2D eigenvalue weighted by Crippen LogP contribution is -2.20. The lowest BCUT2D eigenvalue weighted by atomic mass is 10.2. The van der Waals surface area contributed by atoms with E-state index in [1.807, 2.05) is 13.8 Å². The van der Waals surface area contributed by atoms with E-state index in [-0.39, 0.29) is 11.6 Å². The Bertz CT molecular complexity index is 393. The Balaban J connectivity index is 2.81. The molecular weight excluding hydrogens is 220 g/mol. The predicted molar refractivity (Wildman–Crippen MR) is 65.5 cm³/mol. The van der Waals surface area contributed by atoms with Crippen LogP contribution in [0.1, 0.15) is 29.4 Å². The van der Waals surface area contributed by atoms with Crippen LogP contribution in [-0.2, 0) is 4.74 Å². The number of carboxylic acids is 1. The average molecular weight is 238 g/mol. The van der Waals surface area contributed by atoms with Crippen LogP contribution in [0.15, 0.2) is 12.1 Å². The van der Waals surface area contributed by atoms with Gasteiger partial charge in [0.1, 0.15) is 11.4 Å². The molecule has 0 aromatic carbocycles. The molecule has 1 rings (SSSR count). The van der Waals surface area contributed by atoms with Crippen LogP contribution >= 0.6 is 0 Å². The van der Waals surface area contributed by atoms with Crippen molar-refractivity contribution in [3.63, 3.8) is 0 Å². The smallest absolute Gasteiger partial charge is 0.339 e. The second-order valence-electron chi connectivity index (χ2n) is 3.98. The number of carbonyl (C=O) groups is 1. The van der Waals surface area contributed by atoms with E-state index in [4.69, 9.17) is 9.84 Å². The summed E-state index contributed by atoms with van der Waals surface area (Å²) in [5, 5.41) is 12.1. The molecule has 1 aromatic rings. The first-order valence-corrected chi connectivity index (χ1v) is 5.51. The molecule has 5 heteroatoms. The largest absolute Gasteiger partial charge is 0.478 e. The fourth-order valence-electron chi connectivity index (χ4n) is 1.44. The van der Waals surface area contributed by atoms with Crippen molar-refractivity contribution in [2.45, 2.75) is 26.3 Å². The standard InChI is InChI=1S/C12H18N2O3/c1-8-4-5-10(12(15)16)11(13-8)14-9(2)6-7-17-3/h4-5,9H,6-7H2,1-3H3,(H,13,14)(H,15,16). The SMILES string of the molecule is COCCC(C)Nc1nc(C)ccc1C(=O)O. The number of carboxylic acid groups (broad SMARTS) is 1. The molecule has 1 aromatic heterocycles. The van der Waals surface area contributed by atoms with Gasteiger partial charge in [0, 0.05) is 25.5 Å². The molecule has 0 fully saturated rings. The predicted octanol–water partition coefficient (Wildman–Crippen LogP) is 1.93. The van der Waals surface area contributed by atoms with Gasteiger partial charge in [0.2, 0.25) is 0 Å². The highest BCUT2D eigenvalue weighted by atomic mass is 16.5. The summed E-state index contributed by atoms with van der Waals surface area (Å²) >= 11 is 0. The molecule has 0 bridgehead atoms. The number of aryl methyl sites for hydroxylation is 1. The molecule has 1 unspecified atom stereocenters. The van der Waals surface area contributed by atoms with Crippen molar-refractivity contribution in [2.24, 2.45) is 0 Å². The second kappa shape index (κ2) is 6.20. The van der Waals surface area contributed by atoms with Gasteiger partial charge in [-0.1, -0.05) is 0 Å². The summed E-state index contributed by atoms with van der Waals surface area (Å²) in [6.45, 7) is 4.42. The van der Waals surface area contributed by atoms with E-state index in [0.29, 0.717) is 12.4 Å². The van der Waals surface area contributed by atoms with Crippen LogP contribution in [0.4, 0.5) is 5.82 Å². The van der Waals surface area contributed by atoms with E-state index in [1.165, 1.54) is 0 Å². The lowest BCUT2D eigenvalue weighted by Gasteiger charge is -2.15.